The molecular formula is C11H22N2O. The second kappa shape index (κ2) is 4.78. The first-order valence-electron chi connectivity index (χ1n) is 5.68. The Morgan fingerprint density at radius 1 is 1.36 bits per heavy atom. The Morgan fingerprint density at radius 3 is 2.43 bits per heavy atom. The summed E-state index contributed by atoms with van der Waals surface area (Å²) in [4.78, 5) is 14.1. The zero-order valence-corrected chi connectivity index (χ0v) is 9.60. The fraction of sp³-hybridized carbons (Fsp3) is 0.909. The molecular weight excluding hydrogens is 176 g/mol. The van der Waals surface area contributed by atoms with E-state index in [2.05, 4.69) is 5.32 Å². The minimum absolute atomic E-state index is 0.266. The minimum Gasteiger partial charge on any atom is -0.342 e. The van der Waals surface area contributed by atoms with Crippen LogP contribution in [-0.4, -0.2) is 36.0 Å². The molecule has 3 heteroatoms. The Labute approximate surface area is 86.9 Å². The van der Waals surface area contributed by atoms with E-state index < -0.39 is 0 Å². The number of hydrogen-bond donors (Lipinski definition) is 1. The highest BCUT2D eigenvalue weighted by Crippen LogP contribution is 2.21. The summed E-state index contributed by atoms with van der Waals surface area (Å²) in [6, 6.07) is 0. The van der Waals surface area contributed by atoms with Crippen LogP contribution in [0.15, 0.2) is 0 Å². The van der Waals surface area contributed by atoms with Gasteiger partial charge in [-0.1, -0.05) is 0 Å². The summed E-state index contributed by atoms with van der Waals surface area (Å²) in [7, 11) is 0. The van der Waals surface area contributed by atoms with Crippen molar-refractivity contribution in [3.05, 3.63) is 0 Å². The quantitative estimate of drug-likeness (QED) is 0.743. The third-order valence-electron chi connectivity index (χ3n) is 3.14. The van der Waals surface area contributed by atoms with Gasteiger partial charge in [0.2, 0.25) is 5.91 Å². The van der Waals surface area contributed by atoms with Crippen LogP contribution in [0.1, 0.15) is 40.0 Å². The summed E-state index contributed by atoms with van der Waals surface area (Å²) in [5, 5.41) is 3.35. The van der Waals surface area contributed by atoms with Gasteiger partial charge in [0.15, 0.2) is 0 Å². The fourth-order valence-corrected chi connectivity index (χ4v) is 2.10. The van der Waals surface area contributed by atoms with Crippen molar-refractivity contribution in [1.29, 1.82) is 0 Å². The Balaban J connectivity index is 2.64. The van der Waals surface area contributed by atoms with Gasteiger partial charge in [0.1, 0.15) is 0 Å². The smallest absolute Gasteiger partial charge is 0.242 e. The second-order valence-corrected chi connectivity index (χ2v) is 4.19. The second-order valence-electron chi connectivity index (χ2n) is 4.19. The first-order chi connectivity index (χ1) is 6.64. The van der Waals surface area contributed by atoms with Gasteiger partial charge in [-0.2, -0.15) is 0 Å². The number of rotatable bonds is 3. The van der Waals surface area contributed by atoms with E-state index in [1.165, 1.54) is 6.42 Å². The molecule has 1 atom stereocenters. The van der Waals surface area contributed by atoms with Crippen molar-refractivity contribution < 1.29 is 4.79 Å². The SMILES string of the molecule is CCN(CC)C(=O)C1(C)CCCCN1. The highest BCUT2D eigenvalue weighted by Gasteiger charge is 2.36. The van der Waals surface area contributed by atoms with Crippen molar-refractivity contribution in [2.45, 2.75) is 45.6 Å². The van der Waals surface area contributed by atoms with Crippen LogP contribution in [0, 0.1) is 0 Å². The number of carbonyl (C=O) groups is 1. The van der Waals surface area contributed by atoms with Gasteiger partial charge in [0.25, 0.3) is 0 Å². The van der Waals surface area contributed by atoms with Gasteiger partial charge < -0.3 is 10.2 Å². The van der Waals surface area contributed by atoms with Crippen molar-refractivity contribution >= 4 is 5.91 Å². The number of amides is 1. The molecule has 0 aliphatic carbocycles. The highest BCUT2D eigenvalue weighted by molar-refractivity contribution is 5.86. The lowest BCUT2D eigenvalue weighted by atomic mass is 9.89. The van der Waals surface area contributed by atoms with E-state index >= 15 is 0 Å². The van der Waals surface area contributed by atoms with Crippen molar-refractivity contribution in [3.63, 3.8) is 0 Å². The van der Waals surface area contributed by atoms with E-state index in [0.717, 1.165) is 32.5 Å². The number of carbonyl (C=O) groups excluding carboxylic acids is 1. The standard InChI is InChI=1S/C11H22N2O/c1-4-13(5-2)10(14)11(3)8-6-7-9-12-11/h12H,4-9H2,1-3H3. The van der Waals surface area contributed by atoms with Crippen LogP contribution in [0.3, 0.4) is 0 Å². The maximum Gasteiger partial charge on any atom is 0.242 e. The fourth-order valence-electron chi connectivity index (χ4n) is 2.10. The third-order valence-corrected chi connectivity index (χ3v) is 3.14. The molecule has 3 nitrogen and oxygen atoms in total. The van der Waals surface area contributed by atoms with Crippen LogP contribution in [0.25, 0.3) is 0 Å². The summed E-state index contributed by atoms with van der Waals surface area (Å²) in [6.07, 6.45) is 3.33. The molecule has 14 heavy (non-hydrogen) atoms. The summed E-state index contributed by atoms with van der Waals surface area (Å²) in [5.41, 5.74) is -0.301. The van der Waals surface area contributed by atoms with Crippen LogP contribution in [0.5, 0.6) is 0 Å². The third kappa shape index (κ3) is 2.27. The lowest BCUT2D eigenvalue weighted by Gasteiger charge is -2.37. The molecule has 1 heterocycles. The average Bonchev–Trinajstić information content (AvgIpc) is 2.20. The number of nitrogens with zero attached hydrogens (tertiary/aromatic N) is 1. The van der Waals surface area contributed by atoms with Gasteiger partial charge in [-0.05, 0) is 46.6 Å². The van der Waals surface area contributed by atoms with E-state index in [-0.39, 0.29) is 11.4 Å². The van der Waals surface area contributed by atoms with Crippen molar-refractivity contribution in [3.8, 4) is 0 Å². The van der Waals surface area contributed by atoms with Gasteiger partial charge in [-0.15, -0.1) is 0 Å². The zero-order chi connectivity index (χ0) is 10.6. The van der Waals surface area contributed by atoms with Gasteiger partial charge in [-0.25, -0.2) is 0 Å². The molecule has 1 saturated heterocycles. The van der Waals surface area contributed by atoms with Gasteiger partial charge in [0.05, 0.1) is 5.54 Å². The van der Waals surface area contributed by atoms with E-state index in [0.29, 0.717) is 0 Å². The normalized spacial score (nSPS) is 27.4. The number of piperidine rings is 1. The molecule has 82 valence electrons. The molecule has 0 saturated carbocycles. The predicted molar refractivity (Wildman–Crippen MR) is 58.2 cm³/mol. The van der Waals surface area contributed by atoms with Crippen molar-refractivity contribution in [2.75, 3.05) is 19.6 Å². The predicted octanol–water partition coefficient (Wildman–Crippen LogP) is 1.39. The Kier molecular flexibility index (Phi) is 3.93. The minimum atomic E-state index is -0.301. The largest absolute Gasteiger partial charge is 0.342 e. The maximum absolute atomic E-state index is 12.1. The molecule has 0 bridgehead atoms. The molecule has 1 fully saturated rings. The van der Waals surface area contributed by atoms with Crippen LogP contribution in [-0.2, 0) is 4.79 Å². The Hall–Kier alpha value is -0.570. The topological polar surface area (TPSA) is 32.3 Å². The zero-order valence-electron chi connectivity index (χ0n) is 9.60. The van der Waals surface area contributed by atoms with Gasteiger partial charge >= 0.3 is 0 Å². The summed E-state index contributed by atoms with van der Waals surface area (Å²) >= 11 is 0. The molecule has 0 spiro atoms. The monoisotopic (exact) mass is 198 g/mol. The summed E-state index contributed by atoms with van der Waals surface area (Å²) < 4.78 is 0. The van der Waals surface area contributed by atoms with Crippen LogP contribution in [0.4, 0.5) is 0 Å². The summed E-state index contributed by atoms with van der Waals surface area (Å²) in [5.74, 6) is 0.266. The number of hydrogen-bond acceptors (Lipinski definition) is 2. The maximum atomic E-state index is 12.1. The molecule has 1 aliphatic heterocycles. The molecule has 0 aromatic rings. The molecule has 0 aromatic carbocycles. The lowest BCUT2D eigenvalue weighted by molar-refractivity contribution is -0.138. The summed E-state index contributed by atoms with van der Waals surface area (Å²) in [6.45, 7) is 8.71. The highest BCUT2D eigenvalue weighted by atomic mass is 16.2. The van der Waals surface area contributed by atoms with E-state index in [4.69, 9.17) is 0 Å². The van der Waals surface area contributed by atoms with E-state index in [9.17, 15) is 4.79 Å². The molecule has 1 N–H and O–H groups in total. The van der Waals surface area contributed by atoms with Crippen molar-refractivity contribution in [1.82, 2.24) is 10.2 Å². The Morgan fingerprint density at radius 2 is 2.00 bits per heavy atom. The van der Waals surface area contributed by atoms with Gasteiger partial charge in [-0.3, -0.25) is 4.79 Å². The van der Waals surface area contributed by atoms with Crippen LogP contribution >= 0.6 is 0 Å². The lowest BCUT2D eigenvalue weighted by Crippen LogP contribution is -2.57. The van der Waals surface area contributed by atoms with E-state index in [1.807, 2.05) is 25.7 Å². The van der Waals surface area contributed by atoms with Crippen molar-refractivity contribution in [2.24, 2.45) is 0 Å². The number of likely N-dealkylation sites (N-methyl/N-ethyl adjacent to an activating group) is 1. The first kappa shape index (κ1) is 11.5. The molecule has 1 unspecified atom stereocenters. The molecule has 1 aliphatic rings. The molecule has 0 aromatic heterocycles. The Bertz CT molecular complexity index is 193. The van der Waals surface area contributed by atoms with Gasteiger partial charge in [0, 0.05) is 13.1 Å². The average molecular weight is 198 g/mol. The van der Waals surface area contributed by atoms with Crippen LogP contribution < -0.4 is 5.32 Å². The first-order valence-corrected chi connectivity index (χ1v) is 5.68. The van der Waals surface area contributed by atoms with Crippen LogP contribution in [0.2, 0.25) is 0 Å². The molecule has 0 radical (unpaired) electrons. The van der Waals surface area contributed by atoms with E-state index in [1.54, 1.807) is 0 Å². The number of nitrogens with one attached hydrogen (secondary N) is 1. The molecule has 1 amide bonds. The molecule has 1 rings (SSSR count).